The molecular weight excluding hydrogens is 480 g/mol. The van der Waals surface area contributed by atoms with Crippen LogP contribution in [-0.2, 0) is 20.7 Å². The number of phenols is 1. The summed E-state index contributed by atoms with van der Waals surface area (Å²) in [5.74, 6) is -1.18. The van der Waals surface area contributed by atoms with E-state index in [0.29, 0.717) is 35.6 Å². The van der Waals surface area contributed by atoms with Gasteiger partial charge in [0.1, 0.15) is 16.5 Å². The Morgan fingerprint density at radius 2 is 1.64 bits per heavy atom. The number of amides is 1. The molecule has 3 N–H and O–H groups in total. The number of ether oxygens (including phenoxy) is 1. The molecule has 0 aliphatic rings. The number of carboxylic acids is 1. The first-order chi connectivity index (χ1) is 16.9. The Morgan fingerprint density at radius 1 is 1.03 bits per heavy atom. The van der Waals surface area contributed by atoms with Crippen molar-refractivity contribution in [1.82, 2.24) is 10.3 Å². The molecule has 9 heteroatoms. The van der Waals surface area contributed by atoms with Gasteiger partial charge in [-0.2, -0.15) is 0 Å². The van der Waals surface area contributed by atoms with E-state index in [1.807, 2.05) is 0 Å². The zero-order valence-corrected chi connectivity index (χ0v) is 22.7. The molecule has 2 rings (SSSR count). The van der Waals surface area contributed by atoms with Crippen molar-refractivity contribution < 1.29 is 29.3 Å². The molecule has 1 heterocycles. The van der Waals surface area contributed by atoms with Gasteiger partial charge in [-0.1, -0.05) is 46.8 Å². The molecule has 0 saturated heterocycles. The number of carbonyl (C=O) groups excluding carboxylic acids is 2. The molecular formula is C27H38N2O6S. The fourth-order valence-electron chi connectivity index (χ4n) is 4.40. The number of aliphatic carboxylic acids is 1. The monoisotopic (exact) mass is 518 g/mol. The summed E-state index contributed by atoms with van der Waals surface area (Å²) in [6.45, 7) is 11.5. The number of hydrogen-bond acceptors (Lipinski definition) is 7. The third kappa shape index (κ3) is 8.93. The third-order valence-corrected chi connectivity index (χ3v) is 7.29. The van der Waals surface area contributed by atoms with Crippen molar-refractivity contribution in [3.8, 4) is 5.75 Å². The minimum atomic E-state index is -0.940. The number of hydrogen-bond donors (Lipinski definition) is 3. The Hall–Kier alpha value is -2.94. The molecule has 1 aromatic carbocycles. The van der Waals surface area contributed by atoms with E-state index in [4.69, 9.17) is 4.74 Å². The largest absolute Gasteiger partial charge is 0.508 e. The van der Waals surface area contributed by atoms with Gasteiger partial charge in [-0.3, -0.25) is 14.4 Å². The molecule has 0 aliphatic carbocycles. The van der Waals surface area contributed by atoms with Crippen LogP contribution in [0.3, 0.4) is 0 Å². The van der Waals surface area contributed by atoms with Gasteiger partial charge in [-0.15, -0.1) is 11.3 Å². The molecule has 0 spiro atoms. The van der Waals surface area contributed by atoms with E-state index < -0.39 is 35.9 Å². The topological polar surface area (TPSA) is 126 Å². The maximum Gasteiger partial charge on any atom is 0.306 e. The van der Waals surface area contributed by atoms with Crippen molar-refractivity contribution in [3.05, 3.63) is 45.9 Å². The van der Waals surface area contributed by atoms with Gasteiger partial charge in [0.2, 0.25) is 0 Å². The Balaban J connectivity index is 2.21. The minimum Gasteiger partial charge on any atom is -0.508 e. The highest BCUT2D eigenvalue weighted by Crippen LogP contribution is 2.34. The summed E-state index contributed by atoms with van der Waals surface area (Å²) < 4.78 is 5.60. The van der Waals surface area contributed by atoms with Crippen molar-refractivity contribution in [2.24, 2.45) is 23.7 Å². The van der Waals surface area contributed by atoms with Gasteiger partial charge in [-0.25, -0.2) is 4.98 Å². The lowest BCUT2D eigenvalue weighted by Gasteiger charge is -2.28. The number of aromatic nitrogens is 1. The molecule has 0 saturated carbocycles. The quantitative estimate of drug-likeness (QED) is 0.310. The summed E-state index contributed by atoms with van der Waals surface area (Å²) >= 11 is 1.27. The highest BCUT2D eigenvalue weighted by atomic mass is 32.1. The Kier molecular flexibility index (Phi) is 10.9. The summed E-state index contributed by atoms with van der Waals surface area (Å²) in [7, 11) is 0. The number of benzene rings is 1. The van der Waals surface area contributed by atoms with E-state index in [9.17, 15) is 24.6 Å². The summed E-state index contributed by atoms with van der Waals surface area (Å²) in [5, 5.41) is 24.0. The molecule has 2 aromatic rings. The summed E-state index contributed by atoms with van der Waals surface area (Å²) in [4.78, 5) is 40.8. The Bertz CT molecular complexity index is 1010. The standard InChI is InChI=1S/C27H38N2O6S/c1-15(2)22(16(3)4)13-24(35-18(6)30)26-29-23(14-36-26)25(32)28-20(11-17(5)27(33)34)12-19-7-9-21(31)10-8-19/h7-10,14-17,20,22,24,31H,11-13H2,1-6H3,(H,28,32)(H,33,34). The van der Waals surface area contributed by atoms with Crippen molar-refractivity contribution >= 4 is 29.2 Å². The fourth-order valence-corrected chi connectivity index (χ4v) is 5.24. The first-order valence-corrected chi connectivity index (χ1v) is 13.2. The number of carboxylic acid groups (broad SMARTS) is 1. The lowest BCUT2D eigenvalue weighted by molar-refractivity contribution is -0.148. The SMILES string of the molecule is CC(=O)OC(CC(C(C)C)C(C)C)c1nc(C(=O)NC(Cc2ccc(O)cc2)CC(C)C(=O)O)cs1. The molecule has 3 unspecified atom stereocenters. The average Bonchev–Trinajstić information content (AvgIpc) is 3.27. The molecule has 36 heavy (non-hydrogen) atoms. The second-order valence-corrected chi connectivity index (χ2v) is 11.0. The lowest BCUT2D eigenvalue weighted by Crippen LogP contribution is -2.38. The van der Waals surface area contributed by atoms with Crippen LogP contribution in [0, 0.1) is 23.7 Å². The van der Waals surface area contributed by atoms with Crippen LogP contribution in [0.25, 0.3) is 0 Å². The van der Waals surface area contributed by atoms with E-state index in [1.165, 1.54) is 18.3 Å². The molecule has 1 amide bonds. The molecule has 0 fully saturated rings. The van der Waals surface area contributed by atoms with Crippen molar-refractivity contribution in [2.75, 3.05) is 0 Å². The molecule has 3 atom stereocenters. The van der Waals surface area contributed by atoms with Gasteiger partial charge in [0.15, 0.2) is 6.10 Å². The highest BCUT2D eigenvalue weighted by Gasteiger charge is 2.29. The maximum absolute atomic E-state index is 13.1. The zero-order chi connectivity index (χ0) is 27.0. The van der Waals surface area contributed by atoms with E-state index >= 15 is 0 Å². The number of nitrogens with one attached hydrogen (secondary N) is 1. The Labute approximate surface area is 217 Å². The predicted molar refractivity (Wildman–Crippen MR) is 139 cm³/mol. The van der Waals surface area contributed by atoms with Gasteiger partial charge in [0.05, 0.1) is 5.92 Å². The first kappa shape index (κ1) is 29.3. The number of thiazole rings is 1. The first-order valence-electron chi connectivity index (χ1n) is 12.3. The second-order valence-electron chi connectivity index (χ2n) is 10.1. The molecule has 8 nitrogen and oxygen atoms in total. The number of nitrogens with zero attached hydrogens (tertiary/aromatic N) is 1. The molecule has 198 valence electrons. The fraction of sp³-hybridized carbons (Fsp3) is 0.556. The van der Waals surface area contributed by atoms with Crippen LogP contribution < -0.4 is 5.32 Å². The van der Waals surface area contributed by atoms with Gasteiger partial charge in [0.25, 0.3) is 5.91 Å². The maximum atomic E-state index is 13.1. The van der Waals surface area contributed by atoms with Crippen molar-refractivity contribution in [3.63, 3.8) is 0 Å². The van der Waals surface area contributed by atoms with Gasteiger partial charge in [-0.05, 0) is 54.7 Å². The molecule has 0 radical (unpaired) electrons. The number of aromatic hydroxyl groups is 1. The van der Waals surface area contributed by atoms with Crippen LogP contribution in [0.5, 0.6) is 5.75 Å². The summed E-state index contributed by atoms with van der Waals surface area (Å²) in [5.41, 5.74) is 1.06. The van der Waals surface area contributed by atoms with Crippen LogP contribution in [0.1, 0.15) is 81.5 Å². The average molecular weight is 519 g/mol. The van der Waals surface area contributed by atoms with Gasteiger partial charge in [0, 0.05) is 18.3 Å². The second kappa shape index (κ2) is 13.4. The third-order valence-electron chi connectivity index (χ3n) is 6.35. The van der Waals surface area contributed by atoms with Crippen LogP contribution in [0.15, 0.2) is 29.6 Å². The number of rotatable bonds is 13. The van der Waals surface area contributed by atoms with Crippen LogP contribution >= 0.6 is 11.3 Å². The predicted octanol–water partition coefficient (Wildman–Crippen LogP) is 5.22. The Morgan fingerprint density at radius 3 is 2.17 bits per heavy atom. The highest BCUT2D eigenvalue weighted by molar-refractivity contribution is 7.09. The molecule has 1 aromatic heterocycles. The van der Waals surface area contributed by atoms with Crippen LogP contribution in [0.4, 0.5) is 0 Å². The summed E-state index contributed by atoms with van der Waals surface area (Å²) in [6.07, 6.45) is 0.715. The normalized spacial score (nSPS) is 14.0. The van der Waals surface area contributed by atoms with Gasteiger partial charge < -0.3 is 20.3 Å². The van der Waals surface area contributed by atoms with E-state index in [1.54, 1.807) is 36.6 Å². The van der Waals surface area contributed by atoms with E-state index in [2.05, 4.69) is 38.0 Å². The smallest absolute Gasteiger partial charge is 0.306 e. The number of phenolic OH excluding ortho intramolecular Hbond substituents is 1. The number of carbonyl (C=O) groups is 3. The molecule has 0 aliphatic heterocycles. The zero-order valence-electron chi connectivity index (χ0n) is 21.9. The van der Waals surface area contributed by atoms with Crippen molar-refractivity contribution in [2.45, 2.75) is 73.0 Å². The van der Waals surface area contributed by atoms with Crippen molar-refractivity contribution in [1.29, 1.82) is 0 Å². The summed E-state index contributed by atoms with van der Waals surface area (Å²) in [6, 6.07) is 6.14. The van der Waals surface area contributed by atoms with E-state index in [-0.39, 0.29) is 17.9 Å². The number of esters is 1. The minimum absolute atomic E-state index is 0.132. The van der Waals surface area contributed by atoms with Crippen LogP contribution in [0.2, 0.25) is 0 Å². The lowest BCUT2D eigenvalue weighted by atomic mass is 9.81. The van der Waals surface area contributed by atoms with E-state index in [0.717, 1.165) is 5.56 Å². The van der Waals surface area contributed by atoms with Gasteiger partial charge >= 0.3 is 11.9 Å². The van der Waals surface area contributed by atoms with Crippen LogP contribution in [-0.4, -0.2) is 39.1 Å². The molecule has 0 bridgehead atoms.